The van der Waals surface area contributed by atoms with Crippen molar-refractivity contribution in [3.05, 3.63) is 46.5 Å². The van der Waals surface area contributed by atoms with Crippen molar-refractivity contribution in [1.29, 1.82) is 0 Å². The summed E-state index contributed by atoms with van der Waals surface area (Å²) < 4.78 is 4.82. The van der Waals surface area contributed by atoms with E-state index in [-0.39, 0.29) is 0 Å². The molecule has 0 aliphatic carbocycles. The van der Waals surface area contributed by atoms with E-state index in [0.717, 1.165) is 0 Å². The number of carbonyl (C=O) groups is 1. The minimum absolute atomic E-state index is 0.437. The number of esters is 1. The van der Waals surface area contributed by atoms with Gasteiger partial charge in [0, 0.05) is 22.2 Å². The molecule has 0 saturated heterocycles. The highest BCUT2D eigenvalue weighted by atomic mass is 35.5. The molecular weight excluding hydrogens is 273 g/mol. The molecule has 1 aromatic carbocycles. The molecule has 0 bridgehead atoms. The van der Waals surface area contributed by atoms with Crippen molar-refractivity contribution < 1.29 is 9.53 Å². The first-order chi connectivity index (χ1) is 8.45. The van der Waals surface area contributed by atoms with E-state index in [9.17, 15) is 4.79 Å². The number of rotatable bonds is 5. The van der Waals surface area contributed by atoms with Gasteiger partial charge in [-0.3, -0.25) is 5.32 Å². The SMILES string of the molecule is C=CCNC(C)(C(=O)OC)c1cc(Cl)ccc1Cl. The van der Waals surface area contributed by atoms with Crippen molar-refractivity contribution in [3.8, 4) is 0 Å². The van der Waals surface area contributed by atoms with Crippen molar-refractivity contribution in [2.75, 3.05) is 13.7 Å². The molecule has 0 amide bonds. The van der Waals surface area contributed by atoms with Crippen LogP contribution in [-0.4, -0.2) is 19.6 Å². The van der Waals surface area contributed by atoms with Crippen LogP contribution in [0.5, 0.6) is 0 Å². The lowest BCUT2D eigenvalue weighted by Gasteiger charge is -2.29. The van der Waals surface area contributed by atoms with Gasteiger partial charge in [0.25, 0.3) is 0 Å². The molecule has 98 valence electrons. The van der Waals surface area contributed by atoms with E-state index >= 15 is 0 Å². The second kappa shape index (κ2) is 6.23. The van der Waals surface area contributed by atoms with Gasteiger partial charge in [-0.2, -0.15) is 0 Å². The number of carbonyl (C=O) groups excluding carboxylic acids is 1. The lowest BCUT2D eigenvalue weighted by atomic mass is 9.92. The molecule has 18 heavy (non-hydrogen) atoms. The van der Waals surface area contributed by atoms with Gasteiger partial charge in [-0.05, 0) is 25.1 Å². The topological polar surface area (TPSA) is 38.3 Å². The van der Waals surface area contributed by atoms with Gasteiger partial charge in [-0.25, -0.2) is 4.79 Å². The molecule has 1 N–H and O–H groups in total. The third kappa shape index (κ3) is 3.05. The Morgan fingerprint density at radius 1 is 1.56 bits per heavy atom. The third-order valence-electron chi connectivity index (χ3n) is 2.66. The summed E-state index contributed by atoms with van der Waals surface area (Å²) in [5.41, 5.74) is -0.490. The molecule has 0 saturated carbocycles. The van der Waals surface area contributed by atoms with Gasteiger partial charge in [0.1, 0.15) is 5.54 Å². The van der Waals surface area contributed by atoms with Crippen LogP contribution in [0.4, 0.5) is 0 Å². The number of benzene rings is 1. The number of hydrogen-bond acceptors (Lipinski definition) is 3. The highest BCUT2D eigenvalue weighted by Crippen LogP contribution is 2.31. The lowest BCUT2D eigenvalue weighted by Crippen LogP contribution is -2.47. The molecule has 0 aliphatic heterocycles. The Kier molecular flexibility index (Phi) is 5.20. The molecule has 0 radical (unpaired) electrons. The van der Waals surface area contributed by atoms with Gasteiger partial charge in [0.05, 0.1) is 7.11 Å². The smallest absolute Gasteiger partial charge is 0.330 e. The molecule has 0 aliphatic rings. The number of nitrogens with one attached hydrogen (secondary N) is 1. The molecule has 1 atom stereocenters. The van der Waals surface area contributed by atoms with Crippen molar-refractivity contribution in [2.24, 2.45) is 0 Å². The fraction of sp³-hybridized carbons (Fsp3) is 0.308. The molecular formula is C13H15Cl2NO2. The van der Waals surface area contributed by atoms with E-state index in [1.165, 1.54) is 7.11 Å². The highest BCUT2D eigenvalue weighted by Gasteiger charge is 2.37. The number of halogens is 2. The Bertz CT molecular complexity index is 462. The van der Waals surface area contributed by atoms with Gasteiger partial charge in [-0.1, -0.05) is 29.3 Å². The molecule has 1 rings (SSSR count). The molecule has 1 unspecified atom stereocenters. The van der Waals surface area contributed by atoms with Crippen molar-refractivity contribution in [3.63, 3.8) is 0 Å². The van der Waals surface area contributed by atoms with Crippen LogP contribution < -0.4 is 5.32 Å². The average molecular weight is 288 g/mol. The predicted molar refractivity (Wildman–Crippen MR) is 74.0 cm³/mol. The van der Waals surface area contributed by atoms with E-state index in [0.29, 0.717) is 22.2 Å². The first kappa shape index (κ1) is 15.0. The Hall–Kier alpha value is -1.03. The first-order valence-electron chi connectivity index (χ1n) is 5.35. The Labute approximate surface area is 117 Å². The van der Waals surface area contributed by atoms with Crippen LogP contribution in [-0.2, 0) is 15.1 Å². The third-order valence-corrected chi connectivity index (χ3v) is 3.23. The molecule has 3 nitrogen and oxygen atoms in total. The Balaban J connectivity index is 3.28. The quantitative estimate of drug-likeness (QED) is 0.668. The molecule has 0 spiro atoms. The summed E-state index contributed by atoms with van der Waals surface area (Å²) in [6, 6.07) is 4.96. The summed E-state index contributed by atoms with van der Waals surface area (Å²) in [4.78, 5) is 12.0. The van der Waals surface area contributed by atoms with Crippen LogP contribution in [0.3, 0.4) is 0 Å². The molecule has 0 fully saturated rings. The second-order valence-electron chi connectivity index (χ2n) is 3.91. The number of methoxy groups -OCH3 is 1. The first-order valence-corrected chi connectivity index (χ1v) is 6.11. The van der Waals surface area contributed by atoms with Crippen LogP contribution in [0.25, 0.3) is 0 Å². The zero-order chi connectivity index (χ0) is 13.8. The van der Waals surface area contributed by atoms with Crippen molar-refractivity contribution in [1.82, 2.24) is 5.32 Å². The fourth-order valence-electron chi connectivity index (χ4n) is 1.64. The second-order valence-corrected chi connectivity index (χ2v) is 4.75. The molecule has 0 aromatic heterocycles. The van der Waals surface area contributed by atoms with Gasteiger partial charge in [0.2, 0.25) is 0 Å². The number of hydrogen-bond donors (Lipinski definition) is 1. The fourth-order valence-corrected chi connectivity index (χ4v) is 2.12. The zero-order valence-corrected chi connectivity index (χ0v) is 11.8. The van der Waals surface area contributed by atoms with Crippen LogP contribution >= 0.6 is 23.2 Å². The van der Waals surface area contributed by atoms with Crippen LogP contribution in [0.1, 0.15) is 12.5 Å². The van der Waals surface area contributed by atoms with E-state index in [1.807, 2.05) is 0 Å². The standard InChI is InChI=1S/C13H15Cl2NO2/c1-4-7-16-13(2,12(17)18-3)10-8-9(14)5-6-11(10)15/h4-6,8,16H,1,7H2,2-3H3. The Morgan fingerprint density at radius 2 is 2.22 bits per heavy atom. The minimum atomic E-state index is -1.06. The number of ether oxygens (including phenoxy) is 1. The van der Waals surface area contributed by atoms with Crippen molar-refractivity contribution >= 4 is 29.2 Å². The summed E-state index contributed by atoms with van der Waals surface area (Å²) in [6.07, 6.45) is 1.65. The van der Waals surface area contributed by atoms with E-state index in [1.54, 1.807) is 31.2 Å². The van der Waals surface area contributed by atoms with E-state index in [2.05, 4.69) is 11.9 Å². The van der Waals surface area contributed by atoms with Gasteiger partial charge < -0.3 is 4.74 Å². The average Bonchev–Trinajstić information content (AvgIpc) is 2.37. The van der Waals surface area contributed by atoms with Crippen molar-refractivity contribution in [2.45, 2.75) is 12.5 Å². The summed E-state index contributed by atoms with van der Waals surface area (Å²) >= 11 is 12.1. The summed E-state index contributed by atoms with van der Waals surface area (Å²) in [5.74, 6) is -0.437. The van der Waals surface area contributed by atoms with Crippen LogP contribution in [0, 0.1) is 0 Å². The van der Waals surface area contributed by atoms with Crippen LogP contribution in [0.15, 0.2) is 30.9 Å². The maximum Gasteiger partial charge on any atom is 0.330 e. The summed E-state index contributed by atoms with van der Waals surface area (Å²) in [5, 5.41) is 4.00. The zero-order valence-electron chi connectivity index (χ0n) is 10.3. The Morgan fingerprint density at radius 3 is 2.78 bits per heavy atom. The highest BCUT2D eigenvalue weighted by molar-refractivity contribution is 6.33. The predicted octanol–water partition coefficient (Wildman–Crippen LogP) is 3.16. The monoisotopic (exact) mass is 287 g/mol. The summed E-state index contributed by atoms with van der Waals surface area (Å²) in [7, 11) is 1.33. The van der Waals surface area contributed by atoms with E-state index < -0.39 is 11.5 Å². The van der Waals surface area contributed by atoms with Gasteiger partial charge >= 0.3 is 5.97 Å². The summed E-state index contributed by atoms with van der Waals surface area (Å²) in [6.45, 7) is 5.74. The molecule has 0 heterocycles. The maximum absolute atomic E-state index is 12.0. The minimum Gasteiger partial charge on any atom is -0.467 e. The normalized spacial score (nSPS) is 13.8. The van der Waals surface area contributed by atoms with Gasteiger partial charge in [0.15, 0.2) is 0 Å². The largest absolute Gasteiger partial charge is 0.467 e. The van der Waals surface area contributed by atoms with Gasteiger partial charge in [-0.15, -0.1) is 6.58 Å². The maximum atomic E-state index is 12.0. The van der Waals surface area contributed by atoms with E-state index in [4.69, 9.17) is 27.9 Å². The molecule has 5 heteroatoms. The van der Waals surface area contributed by atoms with Crippen LogP contribution in [0.2, 0.25) is 10.0 Å². The lowest BCUT2D eigenvalue weighted by molar-refractivity contribution is -0.148. The molecule has 1 aromatic rings.